The average molecular weight is 292 g/mol. The van der Waals surface area contributed by atoms with E-state index in [1.54, 1.807) is 18.0 Å². The third-order valence-electron chi connectivity index (χ3n) is 2.63. The first-order valence-electron chi connectivity index (χ1n) is 5.59. The first-order valence-corrected chi connectivity index (χ1v) is 7.19. The van der Waals surface area contributed by atoms with Crippen molar-refractivity contribution >= 4 is 34.4 Å². The van der Waals surface area contributed by atoms with Gasteiger partial charge in [-0.2, -0.15) is 9.97 Å². The largest absolute Gasteiger partial charge is 0.437 e. The van der Waals surface area contributed by atoms with Gasteiger partial charge in [-0.15, -0.1) is 11.8 Å². The second-order valence-corrected chi connectivity index (χ2v) is 4.98. The van der Waals surface area contributed by atoms with Crippen LogP contribution in [0.5, 0.6) is 11.6 Å². The van der Waals surface area contributed by atoms with E-state index in [-0.39, 0.29) is 5.28 Å². The molecule has 96 valence electrons. The Kier molecular flexibility index (Phi) is 3.31. The van der Waals surface area contributed by atoms with Crippen LogP contribution in [0.1, 0.15) is 0 Å². The Morgan fingerprint density at radius 3 is 2.89 bits per heavy atom. The van der Waals surface area contributed by atoms with Crippen LogP contribution in [0.4, 0.5) is 0 Å². The van der Waals surface area contributed by atoms with Gasteiger partial charge in [0.2, 0.25) is 11.2 Å². The normalized spacial score (nSPS) is 10.8. The van der Waals surface area contributed by atoms with E-state index in [0.717, 1.165) is 16.0 Å². The molecule has 0 saturated heterocycles. The number of benzene rings is 1. The minimum Gasteiger partial charge on any atom is -0.437 e. The Labute approximate surface area is 119 Å². The molecule has 0 aliphatic heterocycles. The zero-order valence-corrected chi connectivity index (χ0v) is 11.6. The minimum atomic E-state index is 0.159. The third-order valence-corrected chi connectivity index (χ3v) is 3.58. The van der Waals surface area contributed by atoms with E-state index in [0.29, 0.717) is 11.5 Å². The molecular formula is C13H10ClN3OS. The summed E-state index contributed by atoms with van der Waals surface area (Å²) >= 11 is 7.51. The molecule has 4 nitrogen and oxygen atoms in total. The van der Waals surface area contributed by atoms with E-state index in [4.69, 9.17) is 16.3 Å². The summed E-state index contributed by atoms with van der Waals surface area (Å²) in [5.41, 5.74) is 0.664. The summed E-state index contributed by atoms with van der Waals surface area (Å²) in [6.07, 6.45) is 3.78. The maximum atomic E-state index is 5.89. The van der Waals surface area contributed by atoms with E-state index >= 15 is 0 Å². The van der Waals surface area contributed by atoms with E-state index in [1.165, 1.54) is 0 Å². The summed E-state index contributed by atoms with van der Waals surface area (Å²) in [6.45, 7) is 0. The van der Waals surface area contributed by atoms with Crippen LogP contribution in [0, 0.1) is 0 Å². The Bertz CT molecular complexity index is 729. The van der Waals surface area contributed by atoms with Crippen LogP contribution < -0.4 is 4.74 Å². The topological polar surface area (TPSA) is 50.8 Å². The standard InChI is InChI=1S/C13H10ClN3OS/c1-19-10-5-3-2-4-9(10)18-12-8-6-7-15-11(8)16-13(14)17-12/h2-7H,1H3,(H,15,16,17). The van der Waals surface area contributed by atoms with E-state index in [1.807, 2.05) is 36.6 Å². The zero-order chi connectivity index (χ0) is 13.2. The van der Waals surface area contributed by atoms with E-state index in [9.17, 15) is 0 Å². The molecular weight excluding hydrogens is 282 g/mol. The van der Waals surface area contributed by atoms with Crippen LogP contribution >= 0.6 is 23.4 Å². The first kappa shape index (κ1) is 12.3. The molecule has 6 heteroatoms. The molecule has 0 radical (unpaired) electrons. The summed E-state index contributed by atoms with van der Waals surface area (Å²) in [4.78, 5) is 12.3. The van der Waals surface area contributed by atoms with Crippen molar-refractivity contribution in [3.8, 4) is 11.6 Å². The lowest BCUT2D eigenvalue weighted by Crippen LogP contribution is -1.93. The second kappa shape index (κ2) is 5.11. The second-order valence-electron chi connectivity index (χ2n) is 3.79. The fraction of sp³-hybridized carbons (Fsp3) is 0.0769. The Balaban J connectivity index is 2.07. The molecule has 0 unspecified atom stereocenters. The fourth-order valence-corrected chi connectivity index (χ4v) is 2.46. The number of thioether (sulfide) groups is 1. The highest BCUT2D eigenvalue weighted by Gasteiger charge is 2.11. The number of nitrogens with zero attached hydrogens (tertiary/aromatic N) is 2. The molecule has 0 spiro atoms. The molecule has 2 heterocycles. The van der Waals surface area contributed by atoms with Gasteiger partial charge in [-0.05, 0) is 36.1 Å². The maximum Gasteiger partial charge on any atom is 0.233 e. The van der Waals surface area contributed by atoms with Gasteiger partial charge in [0, 0.05) is 11.1 Å². The van der Waals surface area contributed by atoms with Crippen LogP contribution in [0.25, 0.3) is 11.0 Å². The summed E-state index contributed by atoms with van der Waals surface area (Å²) in [7, 11) is 0. The number of hydrogen-bond donors (Lipinski definition) is 1. The molecule has 0 aliphatic carbocycles. The number of aromatic nitrogens is 3. The van der Waals surface area contributed by atoms with Gasteiger partial charge in [-0.1, -0.05) is 12.1 Å². The smallest absolute Gasteiger partial charge is 0.233 e. The predicted molar refractivity (Wildman–Crippen MR) is 77.2 cm³/mol. The Morgan fingerprint density at radius 2 is 2.05 bits per heavy atom. The number of rotatable bonds is 3. The van der Waals surface area contributed by atoms with Gasteiger partial charge < -0.3 is 9.72 Å². The van der Waals surface area contributed by atoms with Crippen molar-refractivity contribution in [2.24, 2.45) is 0 Å². The number of nitrogens with one attached hydrogen (secondary N) is 1. The quantitative estimate of drug-likeness (QED) is 0.582. The van der Waals surface area contributed by atoms with Crippen molar-refractivity contribution in [1.29, 1.82) is 0 Å². The maximum absolute atomic E-state index is 5.89. The number of hydrogen-bond acceptors (Lipinski definition) is 4. The summed E-state index contributed by atoms with van der Waals surface area (Å²) in [5, 5.41) is 0.965. The van der Waals surface area contributed by atoms with Crippen molar-refractivity contribution in [3.05, 3.63) is 41.8 Å². The van der Waals surface area contributed by atoms with Gasteiger partial charge in [0.05, 0.1) is 5.39 Å². The SMILES string of the molecule is CSc1ccccc1Oc1nc(Cl)nc2[nH]ccc12. The number of aromatic amines is 1. The van der Waals surface area contributed by atoms with E-state index < -0.39 is 0 Å². The monoisotopic (exact) mass is 291 g/mol. The number of H-pyrrole nitrogens is 1. The number of fused-ring (bicyclic) bond motifs is 1. The van der Waals surface area contributed by atoms with Crippen molar-refractivity contribution in [2.75, 3.05) is 6.26 Å². The molecule has 1 aromatic carbocycles. The molecule has 2 aromatic heterocycles. The van der Waals surface area contributed by atoms with Crippen molar-refractivity contribution in [1.82, 2.24) is 15.0 Å². The molecule has 0 bridgehead atoms. The zero-order valence-electron chi connectivity index (χ0n) is 10.1. The highest BCUT2D eigenvalue weighted by atomic mass is 35.5. The van der Waals surface area contributed by atoms with Crippen molar-refractivity contribution in [3.63, 3.8) is 0 Å². The molecule has 0 aliphatic rings. The number of para-hydroxylation sites is 1. The lowest BCUT2D eigenvalue weighted by atomic mass is 10.3. The van der Waals surface area contributed by atoms with Crippen molar-refractivity contribution < 1.29 is 4.74 Å². The van der Waals surface area contributed by atoms with E-state index in [2.05, 4.69) is 15.0 Å². The lowest BCUT2D eigenvalue weighted by molar-refractivity contribution is 0.457. The summed E-state index contributed by atoms with van der Waals surface area (Å²) in [6, 6.07) is 9.66. The van der Waals surface area contributed by atoms with Gasteiger partial charge in [0.1, 0.15) is 11.4 Å². The minimum absolute atomic E-state index is 0.159. The summed E-state index contributed by atoms with van der Waals surface area (Å²) in [5.74, 6) is 1.21. The molecule has 0 fully saturated rings. The lowest BCUT2D eigenvalue weighted by Gasteiger charge is -2.09. The average Bonchev–Trinajstić information content (AvgIpc) is 2.87. The first-order chi connectivity index (χ1) is 9.28. The van der Waals surface area contributed by atoms with Gasteiger partial charge >= 0.3 is 0 Å². The molecule has 0 atom stereocenters. The molecule has 0 saturated carbocycles. The molecule has 3 rings (SSSR count). The summed E-state index contributed by atoms with van der Waals surface area (Å²) < 4.78 is 5.88. The van der Waals surface area contributed by atoms with Crippen LogP contribution in [-0.2, 0) is 0 Å². The van der Waals surface area contributed by atoms with Crippen LogP contribution in [-0.4, -0.2) is 21.2 Å². The number of halogens is 1. The van der Waals surface area contributed by atoms with Gasteiger partial charge in [0.15, 0.2) is 0 Å². The molecule has 1 N–H and O–H groups in total. The predicted octanol–water partition coefficient (Wildman–Crippen LogP) is 4.13. The van der Waals surface area contributed by atoms with Crippen LogP contribution in [0.15, 0.2) is 41.4 Å². The van der Waals surface area contributed by atoms with Crippen LogP contribution in [0.3, 0.4) is 0 Å². The molecule has 3 aromatic rings. The molecule has 0 amide bonds. The molecule has 19 heavy (non-hydrogen) atoms. The van der Waals surface area contributed by atoms with Gasteiger partial charge in [-0.25, -0.2) is 0 Å². The highest BCUT2D eigenvalue weighted by molar-refractivity contribution is 7.98. The van der Waals surface area contributed by atoms with Crippen LogP contribution in [0.2, 0.25) is 5.28 Å². The van der Waals surface area contributed by atoms with Gasteiger partial charge in [-0.3, -0.25) is 0 Å². The fourth-order valence-electron chi connectivity index (χ4n) is 1.77. The van der Waals surface area contributed by atoms with Gasteiger partial charge in [0.25, 0.3) is 0 Å². The Hall–Kier alpha value is -1.72. The Morgan fingerprint density at radius 1 is 1.21 bits per heavy atom. The third kappa shape index (κ3) is 2.39. The van der Waals surface area contributed by atoms with Crippen molar-refractivity contribution in [2.45, 2.75) is 4.90 Å². The highest BCUT2D eigenvalue weighted by Crippen LogP contribution is 2.33. The number of ether oxygens (including phenoxy) is 1.